The lowest BCUT2D eigenvalue weighted by Crippen LogP contribution is -2.50. The van der Waals surface area contributed by atoms with Crippen LogP contribution in [0.3, 0.4) is 0 Å². The van der Waals surface area contributed by atoms with E-state index in [-0.39, 0.29) is 6.32 Å². The van der Waals surface area contributed by atoms with Gasteiger partial charge in [0.2, 0.25) is 0 Å². The van der Waals surface area contributed by atoms with Gasteiger partial charge < -0.3 is 30.7 Å². The molecule has 1 aromatic rings. The van der Waals surface area contributed by atoms with Crippen LogP contribution < -0.4 is 5.73 Å². The zero-order valence-electron chi connectivity index (χ0n) is 17.4. The van der Waals surface area contributed by atoms with Gasteiger partial charge in [-0.1, -0.05) is 43.2 Å². The molecule has 1 atom stereocenters. The van der Waals surface area contributed by atoms with Gasteiger partial charge in [-0.15, -0.1) is 0 Å². The second-order valence-electron chi connectivity index (χ2n) is 8.21. The van der Waals surface area contributed by atoms with Crippen LogP contribution in [0.5, 0.6) is 0 Å². The van der Waals surface area contributed by atoms with Gasteiger partial charge in [0.1, 0.15) is 5.54 Å². The van der Waals surface area contributed by atoms with E-state index in [1.165, 1.54) is 5.56 Å². The van der Waals surface area contributed by atoms with Crippen LogP contribution in [-0.2, 0) is 11.2 Å². The van der Waals surface area contributed by atoms with Crippen LogP contribution in [0.15, 0.2) is 30.3 Å². The van der Waals surface area contributed by atoms with E-state index < -0.39 is 18.6 Å². The third-order valence-electron chi connectivity index (χ3n) is 5.88. The highest BCUT2D eigenvalue weighted by Crippen LogP contribution is 2.20. The Bertz CT molecular complexity index is 597. The summed E-state index contributed by atoms with van der Waals surface area (Å²) in [4.78, 5) is 16.5. The summed E-state index contributed by atoms with van der Waals surface area (Å²) in [5.41, 5.74) is 6.29. The maximum Gasteiger partial charge on any atom is 0.451 e. The molecular weight excluding hydrogens is 369 g/mol. The third kappa shape index (κ3) is 8.84. The molecule has 162 valence electrons. The summed E-state index contributed by atoms with van der Waals surface area (Å²) in [6.07, 6.45) is 4.04. The molecule has 5 N–H and O–H groups in total. The summed E-state index contributed by atoms with van der Waals surface area (Å²) >= 11 is 0. The number of hydrogen-bond acceptors (Lipinski definition) is 6. The van der Waals surface area contributed by atoms with Gasteiger partial charge >= 0.3 is 13.1 Å². The Kier molecular flexibility index (Phi) is 10.1. The molecule has 0 aliphatic carbocycles. The number of nitrogens with zero attached hydrogens (tertiary/aromatic N) is 2. The SMILES string of the molecule is NC(CCCCB(O)O)(CCCN1CCN(CCc2ccccc2)CC1)C(=O)O. The number of unbranched alkanes of at least 4 members (excludes halogenated alkanes) is 1. The van der Waals surface area contributed by atoms with Gasteiger partial charge in [0.05, 0.1) is 0 Å². The molecule has 1 fully saturated rings. The number of rotatable bonds is 13. The fraction of sp³-hybridized carbons (Fsp3) is 0.667. The van der Waals surface area contributed by atoms with Crippen LogP contribution in [0.25, 0.3) is 0 Å². The number of benzene rings is 1. The quantitative estimate of drug-likeness (QED) is 0.287. The Balaban J connectivity index is 1.63. The summed E-state index contributed by atoms with van der Waals surface area (Å²) < 4.78 is 0. The Hall–Kier alpha value is -1.45. The molecule has 0 aromatic heterocycles. The number of nitrogens with two attached hydrogens (primary N) is 1. The molecule has 1 aromatic carbocycles. The fourth-order valence-electron chi connectivity index (χ4n) is 3.89. The van der Waals surface area contributed by atoms with Gasteiger partial charge in [-0.2, -0.15) is 0 Å². The van der Waals surface area contributed by atoms with Crippen LogP contribution in [-0.4, -0.2) is 82.8 Å². The van der Waals surface area contributed by atoms with E-state index >= 15 is 0 Å². The summed E-state index contributed by atoms with van der Waals surface area (Å²) in [7, 11) is -1.33. The molecule has 1 heterocycles. The summed E-state index contributed by atoms with van der Waals surface area (Å²) in [5, 5.41) is 27.3. The normalized spacial score (nSPS) is 17.8. The van der Waals surface area contributed by atoms with Gasteiger partial charge in [-0.3, -0.25) is 4.79 Å². The molecule has 7 nitrogen and oxygen atoms in total. The summed E-state index contributed by atoms with van der Waals surface area (Å²) in [6, 6.07) is 10.5. The Labute approximate surface area is 174 Å². The van der Waals surface area contributed by atoms with Crippen molar-refractivity contribution in [1.82, 2.24) is 9.80 Å². The average molecular weight is 405 g/mol. The molecule has 0 saturated carbocycles. The molecule has 0 radical (unpaired) electrons. The molecule has 8 heteroatoms. The number of carboxylic acid groups (broad SMARTS) is 1. The monoisotopic (exact) mass is 405 g/mol. The molecule has 29 heavy (non-hydrogen) atoms. The smallest absolute Gasteiger partial charge is 0.451 e. The molecule has 0 amide bonds. The van der Waals surface area contributed by atoms with Gasteiger partial charge in [-0.25, -0.2) is 0 Å². The highest BCUT2D eigenvalue weighted by molar-refractivity contribution is 6.40. The zero-order valence-corrected chi connectivity index (χ0v) is 17.4. The fourth-order valence-corrected chi connectivity index (χ4v) is 3.89. The molecule has 2 rings (SSSR count). The van der Waals surface area contributed by atoms with E-state index in [2.05, 4.69) is 34.1 Å². The van der Waals surface area contributed by atoms with Crippen molar-refractivity contribution in [3.8, 4) is 0 Å². The van der Waals surface area contributed by atoms with Crippen molar-refractivity contribution in [2.24, 2.45) is 5.73 Å². The van der Waals surface area contributed by atoms with Gasteiger partial charge in [-0.05, 0) is 44.1 Å². The molecule has 1 unspecified atom stereocenters. The highest BCUT2D eigenvalue weighted by Gasteiger charge is 2.33. The van der Waals surface area contributed by atoms with Crippen molar-refractivity contribution in [2.75, 3.05) is 39.3 Å². The summed E-state index contributed by atoms with van der Waals surface area (Å²) in [6.45, 7) is 6.05. The van der Waals surface area contributed by atoms with Crippen LogP contribution in [0.4, 0.5) is 0 Å². The first kappa shape index (κ1) is 23.8. The van der Waals surface area contributed by atoms with Gasteiger partial charge in [0.25, 0.3) is 0 Å². The molecule has 1 aliphatic rings. The van der Waals surface area contributed by atoms with E-state index in [0.717, 1.165) is 52.1 Å². The Morgan fingerprint density at radius 2 is 1.55 bits per heavy atom. The molecule has 1 saturated heterocycles. The second-order valence-corrected chi connectivity index (χ2v) is 8.21. The predicted molar refractivity (Wildman–Crippen MR) is 116 cm³/mol. The van der Waals surface area contributed by atoms with Crippen LogP contribution in [0.2, 0.25) is 6.32 Å². The van der Waals surface area contributed by atoms with Crippen LogP contribution >= 0.6 is 0 Å². The maximum atomic E-state index is 11.6. The standard InChI is InChI=1S/C21H36BN3O4/c23-21(20(26)27,10-4-5-12-22(28)29)11-6-13-24-15-17-25(18-16-24)14-9-19-7-2-1-3-8-19/h1-3,7-8,28-29H,4-6,9-18,23H2,(H,26,27). The topological polar surface area (TPSA) is 110 Å². The number of hydrogen-bond donors (Lipinski definition) is 4. The van der Waals surface area contributed by atoms with E-state index in [1.807, 2.05) is 6.07 Å². The van der Waals surface area contributed by atoms with Crippen molar-refractivity contribution < 1.29 is 19.9 Å². The highest BCUT2D eigenvalue weighted by atomic mass is 16.4. The molecular formula is C21H36BN3O4. The van der Waals surface area contributed by atoms with Crippen LogP contribution in [0, 0.1) is 0 Å². The van der Waals surface area contributed by atoms with Crippen LogP contribution in [0.1, 0.15) is 37.7 Å². The van der Waals surface area contributed by atoms with Crippen molar-refractivity contribution in [3.05, 3.63) is 35.9 Å². The van der Waals surface area contributed by atoms with Crippen molar-refractivity contribution in [3.63, 3.8) is 0 Å². The Morgan fingerprint density at radius 1 is 0.966 bits per heavy atom. The Morgan fingerprint density at radius 3 is 2.14 bits per heavy atom. The minimum Gasteiger partial charge on any atom is -0.480 e. The minimum absolute atomic E-state index is 0.254. The maximum absolute atomic E-state index is 11.6. The van der Waals surface area contributed by atoms with E-state index in [9.17, 15) is 9.90 Å². The summed E-state index contributed by atoms with van der Waals surface area (Å²) in [5.74, 6) is -0.965. The average Bonchev–Trinajstić information content (AvgIpc) is 2.71. The molecule has 1 aliphatic heterocycles. The molecule has 0 spiro atoms. The van der Waals surface area contributed by atoms with Gasteiger partial charge in [0.15, 0.2) is 0 Å². The number of carboxylic acids is 1. The lowest BCUT2D eigenvalue weighted by Gasteiger charge is -2.35. The first-order chi connectivity index (χ1) is 13.9. The lowest BCUT2D eigenvalue weighted by atomic mass is 9.81. The van der Waals surface area contributed by atoms with Gasteiger partial charge in [0, 0.05) is 32.7 Å². The first-order valence-electron chi connectivity index (χ1n) is 10.8. The van der Waals surface area contributed by atoms with E-state index in [0.29, 0.717) is 25.7 Å². The number of aliphatic carboxylic acids is 1. The number of piperazine rings is 1. The van der Waals surface area contributed by atoms with E-state index in [1.54, 1.807) is 0 Å². The largest absolute Gasteiger partial charge is 0.480 e. The van der Waals surface area contributed by atoms with E-state index in [4.69, 9.17) is 15.8 Å². The first-order valence-corrected chi connectivity index (χ1v) is 10.8. The predicted octanol–water partition coefficient (Wildman–Crippen LogP) is 1.05. The number of carbonyl (C=O) groups is 1. The van der Waals surface area contributed by atoms with Crippen molar-refractivity contribution in [1.29, 1.82) is 0 Å². The molecule has 0 bridgehead atoms. The van der Waals surface area contributed by atoms with Crippen molar-refractivity contribution in [2.45, 2.75) is 50.4 Å². The second kappa shape index (κ2) is 12.3. The lowest BCUT2D eigenvalue weighted by molar-refractivity contribution is -0.144. The van der Waals surface area contributed by atoms with Crippen molar-refractivity contribution >= 4 is 13.1 Å². The zero-order chi connectivity index (χ0) is 21.1. The third-order valence-corrected chi connectivity index (χ3v) is 5.88. The minimum atomic E-state index is -1.33.